The van der Waals surface area contributed by atoms with Gasteiger partial charge in [-0.3, -0.25) is 19.1 Å². The van der Waals surface area contributed by atoms with Crippen LogP contribution in [0.15, 0.2) is 70.9 Å². The number of benzene rings is 1. The number of thioether (sulfide) groups is 1. The third-order valence-corrected chi connectivity index (χ3v) is 6.26. The smallest absolute Gasteiger partial charge is 0.262 e. The number of carbonyl (C=O) groups is 1. The molecular weight excluding hydrogens is 390 g/mol. The molecule has 0 aliphatic heterocycles. The molecule has 5 nitrogen and oxygen atoms in total. The van der Waals surface area contributed by atoms with Crippen molar-refractivity contribution in [2.75, 3.05) is 5.75 Å². The van der Waals surface area contributed by atoms with Gasteiger partial charge >= 0.3 is 0 Å². The highest BCUT2D eigenvalue weighted by molar-refractivity contribution is 7.99. The monoisotopic (exact) mass is 407 g/mol. The van der Waals surface area contributed by atoms with Gasteiger partial charge in [0.2, 0.25) is 0 Å². The highest BCUT2D eigenvalue weighted by Gasteiger charge is 2.15. The molecule has 0 radical (unpaired) electrons. The van der Waals surface area contributed by atoms with E-state index in [1.807, 2.05) is 49.4 Å². The lowest BCUT2D eigenvalue weighted by atomic mass is 10.2. The van der Waals surface area contributed by atoms with E-state index in [1.54, 1.807) is 23.0 Å². The van der Waals surface area contributed by atoms with Crippen molar-refractivity contribution < 1.29 is 4.79 Å². The summed E-state index contributed by atoms with van der Waals surface area (Å²) in [7, 11) is 0. The van der Waals surface area contributed by atoms with Crippen LogP contribution in [0.3, 0.4) is 0 Å². The molecule has 0 aliphatic carbocycles. The van der Waals surface area contributed by atoms with E-state index in [0.29, 0.717) is 22.6 Å². The molecule has 0 saturated heterocycles. The van der Waals surface area contributed by atoms with Crippen LogP contribution in [0.5, 0.6) is 0 Å². The normalized spacial score (nSPS) is 11.0. The molecule has 3 heterocycles. The van der Waals surface area contributed by atoms with Crippen LogP contribution >= 0.6 is 23.1 Å². The fourth-order valence-corrected chi connectivity index (χ4v) is 4.64. The van der Waals surface area contributed by atoms with Crippen LogP contribution in [0, 0.1) is 6.92 Å². The van der Waals surface area contributed by atoms with Crippen molar-refractivity contribution in [1.29, 1.82) is 0 Å². The Morgan fingerprint density at radius 3 is 2.75 bits per heavy atom. The molecule has 3 aromatic heterocycles. The molecule has 0 fully saturated rings. The first kappa shape index (κ1) is 18.6. The lowest BCUT2D eigenvalue weighted by Gasteiger charge is -2.12. The first-order valence-electron chi connectivity index (χ1n) is 8.73. The minimum absolute atomic E-state index is 0.0402. The number of hydrogen-bond donors (Lipinski definition) is 0. The summed E-state index contributed by atoms with van der Waals surface area (Å²) in [5.74, 6) is 0.274. The number of aryl methyl sites for hydroxylation is 1. The molecule has 28 heavy (non-hydrogen) atoms. The Balaban J connectivity index is 1.70. The number of Topliss-reactive ketones (excluding diaryl/α,β-unsaturated/α-hetero) is 1. The van der Waals surface area contributed by atoms with E-state index in [1.165, 1.54) is 23.1 Å². The Morgan fingerprint density at radius 2 is 2.00 bits per heavy atom. The van der Waals surface area contributed by atoms with Crippen LogP contribution in [0.1, 0.15) is 20.1 Å². The zero-order chi connectivity index (χ0) is 19.5. The predicted molar refractivity (Wildman–Crippen MR) is 113 cm³/mol. The molecule has 1 aromatic carbocycles. The van der Waals surface area contributed by atoms with E-state index in [-0.39, 0.29) is 17.1 Å². The number of aromatic nitrogens is 3. The van der Waals surface area contributed by atoms with Gasteiger partial charge in [0.05, 0.1) is 28.1 Å². The summed E-state index contributed by atoms with van der Waals surface area (Å²) in [6.07, 6.45) is 3.43. The van der Waals surface area contributed by atoms with Crippen LogP contribution in [0.4, 0.5) is 0 Å². The van der Waals surface area contributed by atoms with E-state index in [2.05, 4.69) is 9.97 Å². The number of fused-ring (bicyclic) bond motifs is 1. The van der Waals surface area contributed by atoms with Gasteiger partial charge in [-0.05, 0) is 42.8 Å². The van der Waals surface area contributed by atoms with Crippen molar-refractivity contribution >= 4 is 39.8 Å². The van der Waals surface area contributed by atoms with Gasteiger partial charge in [0, 0.05) is 17.3 Å². The van der Waals surface area contributed by atoms with E-state index in [0.717, 1.165) is 15.3 Å². The first-order chi connectivity index (χ1) is 13.6. The molecule has 4 rings (SSSR count). The van der Waals surface area contributed by atoms with Gasteiger partial charge in [-0.15, -0.1) is 11.3 Å². The summed E-state index contributed by atoms with van der Waals surface area (Å²) in [6, 6.07) is 14.8. The quantitative estimate of drug-likeness (QED) is 0.272. The van der Waals surface area contributed by atoms with Gasteiger partial charge < -0.3 is 0 Å². The Hall–Kier alpha value is -2.77. The Labute approximate surface area is 170 Å². The van der Waals surface area contributed by atoms with E-state index >= 15 is 0 Å². The second-order valence-electron chi connectivity index (χ2n) is 6.29. The van der Waals surface area contributed by atoms with Crippen LogP contribution in [0.25, 0.3) is 10.9 Å². The average Bonchev–Trinajstić information content (AvgIpc) is 3.16. The van der Waals surface area contributed by atoms with Crippen molar-refractivity contribution in [2.45, 2.75) is 18.6 Å². The summed E-state index contributed by atoms with van der Waals surface area (Å²) in [5.41, 5.74) is 1.43. The number of para-hydroxylation sites is 1. The molecule has 140 valence electrons. The zero-order valence-electron chi connectivity index (χ0n) is 15.2. The largest absolute Gasteiger partial charge is 0.292 e. The summed E-state index contributed by atoms with van der Waals surface area (Å²) < 4.78 is 1.62. The van der Waals surface area contributed by atoms with Gasteiger partial charge in [0.15, 0.2) is 10.9 Å². The third-order valence-electron chi connectivity index (χ3n) is 4.24. The van der Waals surface area contributed by atoms with Crippen LogP contribution < -0.4 is 5.56 Å². The Kier molecular flexibility index (Phi) is 5.36. The van der Waals surface area contributed by atoms with Crippen molar-refractivity contribution in [1.82, 2.24) is 14.5 Å². The summed E-state index contributed by atoms with van der Waals surface area (Å²) in [4.78, 5) is 36.2. The van der Waals surface area contributed by atoms with Gasteiger partial charge in [0.25, 0.3) is 5.56 Å². The lowest BCUT2D eigenvalue weighted by Crippen LogP contribution is -2.24. The minimum atomic E-state index is -0.114. The van der Waals surface area contributed by atoms with E-state index < -0.39 is 0 Å². The van der Waals surface area contributed by atoms with Crippen molar-refractivity contribution in [3.63, 3.8) is 0 Å². The molecule has 0 spiro atoms. The molecule has 0 saturated carbocycles. The molecule has 0 aliphatic rings. The maximum absolute atomic E-state index is 13.1. The number of hydrogen-bond acceptors (Lipinski definition) is 6. The van der Waals surface area contributed by atoms with Crippen LogP contribution in [-0.2, 0) is 6.54 Å². The predicted octanol–water partition coefficient (Wildman–Crippen LogP) is 4.18. The second-order valence-corrected chi connectivity index (χ2v) is 8.52. The fourth-order valence-electron chi connectivity index (χ4n) is 2.86. The molecule has 0 amide bonds. The van der Waals surface area contributed by atoms with Gasteiger partial charge in [-0.25, -0.2) is 4.98 Å². The zero-order valence-corrected chi connectivity index (χ0v) is 16.8. The minimum Gasteiger partial charge on any atom is -0.292 e. The number of rotatable bonds is 6. The van der Waals surface area contributed by atoms with Crippen molar-refractivity contribution in [3.8, 4) is 0 Å². The standard InChI is InChI=1S/C21H17N3O2S2/c1-14-8-9-19(28-14)18(25)13-27-21-23-17-7-3-2-6-16(17)20(26)24(21)12-15-5-4-10-22-11-15/h2-11H,12-13H2,1H3. The molecular formula is C21H17N3O2S2. The van der Waals surface area contributed by atoms with E-state index in [9.17, 15) is 9.59 Å². The lowest BCUT2D eigenvalue weighted by molar-refractivity contribution is 0.102. The second kappa shape index (κ2) is 8.08. The fraction of sp³-hybridized carbons (Fsp3) is 0.143. The Bertz CT molecular complexity index is 1200. The number of thiophene rings is 1. The first-order valence-corrected chi connectivity index (χ1v) is 10.5. The SMILES string of the molecule is Cc1ccc(C(=O)CSc2nc3ccccc3c(=O)n2Cc2cccnc2)s1. The molecule has 7 heteroatoms. The number of nitrogens with zero attached hydrogens (tertiary/aromatic N) is 3. The molecule has 0 unspecified atom stereocenters. The summed E-state index contributed by atoms with van der Waals surface area (Å²) in [5, 5.41) is 1.10. The van der Waals surface area contributed by atoms with Gasteiger partial charge in [0.1, 0.15) is 0 Å². The number of ketones is 1. The molecule has 0 atom stereocenters. The highest BCUT2D eigenvalue weighted by Crippen LogP contribution is 2.22. The van der Waals surface area contributed by atoms with Crippen molar-refractivity contribution in [3.05, 3.63) is 86.6 Å². The number of pyridine rings is 1. The van der Waals surface area contributed by atoms with E-state index in [4.69, 9.17) is 0 Å². The maximum atomic E-state index is 13.1. The molecule has 0 N–H and O–H groups in total. The van der Waals surface area contributed by atoms with Crippen LogP contribution in [0.2, 0.25) is 0 Å². The highest BCUT2D eigenvalue weighted by atomic mass is 32.2. The maximum Gasteiger partial charge on any atom is 0.262 e. The third kappa shape index (κ3) is 3.90. The average molecular weight is 408 g/mol. The van der Waals surface area contributed by atoms with Gasteiger partial charge in [-0.2, -0.15) is 0 Å². The van der Waals surface area contributed by atoms with Crippen molar-refractivity contribution in [2.24, 2.45) is 0 Å². The molecule has 4 aromatic rings. The van der Waals surface area contributed by atoms with Gasteiger partial charge in [-0.1, -0.05) is 30.0 Å². The summed E-state index contributed by atoms with van der Waals surface area (Å²) in [6.45, 7) is 2.34. The Morgan fingerprint density at radius 1 is 1.14 bits per heavy atom. The van der Waals surface area contributed by atoms with Crippen LogP contribution in [-0.4, -0.2) is 26.1 Å². The number of carbonyl (C=O) groups excluding carboxylic acids is 1. The summed E-state index contributed by atoms with van der Waals surface area (Å²) >= 11 is 2.78. The molecule has 0 bridgehead atoms. The topological polar surface area (TPSA) is 64.8 Å².